The number of rotatable bonds is 9. The molecule has 0 saturated carbocycles. The van der Waals surface area contributed by atoms with Gasteiger partial charge < -0.3 is 16.4 Å². The van der Waals surface area contributed by atoms with Gasteiger partial charge in [-0.05, 0) is 31.4 Å². The number of carbonyl (C=O) groups excluding carboxylic acids is 4. The summed E-state index contributed by atoms with van der Waals surface area (Å²) in [5, 5.41) is 7.60. The summed E-state index contributed by atoms with van der Waals surface area (Å²) in [5.74, 6) is -1.55. The summed E-state index contributed by atoms with van der Waals surface area (Å²) in [5.41, 5.74) is 6.33. The molecule has 8 nitrogen and oxygen atoms in total. The Kier molecular flexibility index (Phi) is 7.94. The first-order valence-corrected chi connectivity index (χ1v) is 9.17. The zero-order valence-electron chi connectivity index (χ0n) is 15.2. The summed E-state index contributed by atoms with van der Waals surface area (Å²) in [4.78, 5) is 48.0. The Balaban J connectivity index is 2.01. The van der Waals surface area contributed by atoms with E-state index in [1.807, 2.05) is 30.3 Å². The molecule has 0 bridgehead atoms. The number of hydrogen-bond acceptors (Lipinski definition) is 5. The van der Waals surface area contributed by atoms with Crippen LogP contribution in [-0.4, -0.2) is 42.3 Å². The lowest BCUT2D eigenvalue weighted by Crippen LogP contribution is -2.57. The summed E-state index contributed by atoms with van der Waals surface area (Å²) < 4.78 is 0. The van der Waals surface area contributed by atoms with Crippen molar-refractivity contribution in [1.82, 2.24) is 16.0 Å². The lowest BCUT2D eigenvalue weighted by molar-refractivity contribution is -0.137. The molecule has 146 valence electrons. The molecule has 0 radical (unpaired) electrons. The second-order valence-electron chi connectivity index (χ2n) is 6.57. The number of nitrogens with two attached hydrogens (primary N) is 1. The Morgan fingerprint density at radius 1 is 1.19 bits per heavy atom. The van der Waals surface area contributed by atoms with E-state index in [1.165, 1.54) is 0 Å². The van der Waals surface area contributed by atoms with Crippen molar-refractivity contribution in [3.63, 3.8) is 0 Å². The molecule has 4 amide bonds. The summed E-state index contributed by atoms with van der Waals surface area (Å²) in [6.07, 6.45) is 2.40. The number of amides is 4. The maximum Gasteiger partial charge on any atom is 0.249 e. The van der Waals surface area contributed by atoms with Crippen molar-refractivity contribution >= 4 is 23.6 Å². The number of hydrogen-bond donors (Lipinski definition) is 4. The van der Waals surface area contributed by atoms with Crippen molar-refractivity contribution < 1.29 is 19.2 Å². The molecule has 1 aromatic carbocycles. The molecule has 8 heteroatoms. The van der Waals surface area contributed by atoms with Crippen molar-refractivity contribution in [2.45, 2.75) is 50.6 Å². The third kappa shape index (κ3) is 6.82. The van der Waals surface area contributed by atoms with Crippen molar-refractivity contribution in [3.8, 4) is 0 Å². The normalized spacial score (nSPS) is 17.7. The Hall–Kier alpha value is -2.74. The Morgan fingerprint density at radius 2 is 1.93 bits per heavy atom. The van der Waals surface area contributed by atoms with Gasteiger partial charge in [-0.15, -0.1) is 0 Å². The molecule has 1 aliphatic heterocycles. The minimum atomic E-state index is -0.803. The topological polar surface area (TPSA) is 130 Å². The predicted octanol–water partition coefficient (Wildman–Crippen LogP) is -0.236. The molecule has 1 fully saturated rings. The van der Waals surface area contributed by atoms with Crippen LogP contribution in [0.4, 0.5) is 0 Å². The molecule has 2 rings (SSSR count). The first-order chi connectivity index (χ1) is 13.0. The maximum absolute atomic E-state index is 12.7. The highest BCUT2D eigenvalue weighted by molar-refractivity contribution is 6.02. The second-order valence-corrected chi connectivity index (χ2v) is 6.57. The number of piperidine rings is 1. The molecule has 2 atom stereocenters. The largest absolute Gasteiger partial charge is 0.344 e. The van der Waals surface area contributed by atoms with Gasteiger partial charge in [0.1, 0.15) is 12.1 Å². The van der Waals surface area contributed by atoms with Crippen molar-refractivity contribution in [2.75, 3.05) is 6.54 Å². The fraction of sp³-hybridized carbons (Fsp3) is 0.474. The molecular weight excluding hydrogens is 348 g/mol. The van der Waals surface area contributed by atoms with E-state index in [9.17, 15) is 19.2 Å². The molecular formula is C19H26N4O4. The van der Waals surface area contributed by atoms with Gasteiger partial charge in [0.15, 0.2) is 0 Å². The van der Waals surface area contributed by atoms with Crippen LogP contribution < -0.4 is 21.7 Å². The number of unbranched alkanes of at least 4 members (excludes halogenated alkanes) is 1. The summed E-state index contributed by atoms with van der Waals surface area (Å²) in [7, 11) is 0. The van der Waals surface area contributed by atoms with Gasteiger partial charge in [0, 0.05) is 19.3 Å². The van der Waals surface area contributed by atoms with Gasteiger partial charge in [-0.25, -0.2) is 0 Å². The van der Waals surface area contributed by atoms with Crippen LogP contribution in [0.5, 0.6) is 0 Å². The van der Waals surface area contributed by atoms with Gasteiger partial charge in [0.25, 0.3) is 0 Å². The molecule has 0 spiro atoms. The van der Waals surface area contributed by atoms with Crippen LogP contribution in [0.2, 0.25) is 0 Å². The third-order valence-electron chi connectivity index (χ3n) is 4.35. The number of benzene rings is 1. The first kappa shape index (κ1) is 20.6. The highest BCUT2D eigenvalue weighted by Gasteiger charge is 2.30. The molecule has 27 heavy (non-hydrogen) atoms. The highest BCUT2D eigenvalue weighted by atomic mass is 16.2. The zero-order valence-corrected chi connectivity index (χ0v) is 15.2. The Morgan fingerprint density at radius 3 is 2.59 bits per heavy atom. The van der Waals surface area contributed by atoms with E-state index >= 15 is 0 Å². The van der Waals surface area contributed by atoms with Crippen molar-refractivity contribution in [1.29, 1.82) is 0 Å². The lowest BCUT2D eigenvalue weighted by Gasteiger charge is -2.25. The fourth-order valence-electron chi connectivity index (χ4n) is 2.86. The van der Waals surface area contributed by atoms with Crippen LogP contribution >= 0.6 is 0 Å². The first-order valence-electron chi connectivity index (χ1n) is 9.17. The van der Waals surface area contributed by atoms with Crippen LogP contribution in [0.3, 0.4) is 0 Å². The molecule has 1 heterocycles. The summed E-state index contributed by atoms with van der Waals surface area (Å²) in [6, 6.07) is 7.74. The highest BCUT2D eigenvalue weighted by Crippen LogP contribution is 2.08. The summed E-state index contributed by atoms with van der Waals surface area (Å²) in [6.45, 7) is 0.511. The van der Waals surface area contributed by atoms with Gasteiger partial charge in [-0.1, -0.05) is 30.3 Å². The molecule has 0 aromatic heterocycles. The van der Waals surface area contributed by atoms with Gasteiger partial charge in [0.2, 0.25) is 23.6 Å². The van der Waals surface area contributed by atoms with E-state index in [-0.39, 0.29) is 31.1 Å². The Bertz CT molecular complexity index is 678. The fourth-order valence-corrected chi connectivity index (χ4v) is 2.86. The molecule has 1 aromatic rings. The SMILES string of the molecule is NCCCCC(=O)NC(Cc1ccccc1)C(=O)NC1CCC(=O)NC1=O. The number of carbonyl (C=O) groups is 4. The molecule has 5 N–H and O–H groups in total. The lowest BCUT2D eigenvalue weighted by atomic mass is 10.0. The van der Waals surface area contributed by atoms with Crippen LogP contribution in [0, 0.1) is 0 Å². The number of nitrogens with one attached hydrogen (secondary N) is 3. The molecule has 1 aliphatic rings. The third-order valence-corrected chi connectivity index (χ3v) is 4.35. The van der Waals surface area contributed by atoms with Gasteiger partial charge in [-0.2, -0.15) is 0 Å². The van der Waals surface area contributed by atoms with Crippen molar-refractivity contribution in [3.05, 3.63) is 35.9 Å². The van der Waals surface area contributed by atoms with Crippen LogP contribution in [0.25, 0.3) is 0 Å². The van der Waals surface area contributed by atoms with E-state index in [2.05, 4.69) is 16.0 Å². The second kappa shape index (κ2) is 10.4. The predicted molar refractivity (Wildman–Crippen MR) is 99.3 cm³/mol. The summed E-state index contributed by atoms with van der Waals surface area (Å²) >= 11 is 0. The van der Waals surface area contributed by atoms with E-state index in [0.29, 0.717) is 19.4 Å². The van der Waals surface area contributed by atoms with Gasteiger partial charge in [0.05, 0.1) is 0 Å². The monoisotopic (exact) mass is 374 g/mol. The van der Waals surface area contributed by atoms with Crippen LogP contribution in [0.1, 0.15) is 37.7 Å². The smallest absolute Gasteiger partial charge is 0.249 e. The van der Waals surface area contributed by atoms with E-state index in [4.69, 9.17) is 5.73 Å². The average Bonchev–Trinajstić information content (AvgIpc) is 2.64. The standard InChI is InChI=1S/C19H26N4O4/c20-11-5-4-8-16(24)21-15(12-13-6-2-1-3-7-13)19(27)22-14-9-10-17(25)23-18(14)26/h1-3,6-7,14-15H,4-5,8-12,20H2,(H,21,24)(H,22,27)(H,23,25,26). The van der Waals surface area contributed by atoms with Gasteiger partial charge >= 0.3 is 0 Å². The molecule has 0 aliphatic carbocycles. The van der Waals surface area contributed by atoms with Crippen LogP contribution in [-0.2, 0) is 25.6 Å². The zero-order chi connectivity index (χ0) is 19.6. The van der Waals surface area contributed by atoms with Crippen LogP contribution in [0.15, 0.2) is 30.3 Å². The quantitative estimate of drug-likeness (QED) is 0.350. The molecule has 2 unspecified atom stereocenters. The minimum Gasteiger partial charge on any atom is -0.344 e. The average molecular weight is 374 g/mol. The number of imide groups is 1. The van der Waals surface area contributed by atoms with Crippen molar-refractivity contribution in [2.24, 2.45) is 5.73 Å². The maximum atomic E-state index is 12.7. The van der Waals surface area contributed by atoms with E-state index in [0.717, 1.165) is 12.0 Å². The Labute approximate surface area is 158 Å². The van der Waals surface area contributed by atoms with E-state index < -0.39 is 23.9 Å². The van der Waals surface area contributed by atoms with E-state index in [1.54, 1.807) is 0 Å². The minimum absolute atomic E-state index is 0.172. The molecule has 1 saturated heterocycles. The van der Waals surface area contributed by atoms with Gasteiger partial charge in [-0.3, -0.25) is 24.5 Å².